The molecule has 4 heteroatoms. The van der Waals surface area contributed by atoms with E-state index < -0.39 is 0 Å². The molecule has 18 heavy (non-hydrogen) atoms. The zero-order chi connectivity index (χ0) is 13.1. The van der Waals surface area contributed by atoms with Crippen molar-refractivity contribution in [2.75, 3.05) is 13.2 Å². The van der Waals surface area contributed by atoms with Crippen LogP contribution < -0.4 is 5.32 Å². The largest absolute Gasteiger partial charge is 0.373 e. The number of unbranched alkanes of at least 4 members (excludes halogenated alkanes) is 3. The van der Waals surface area contributed by atoms with Gasteiger partial charge < -0.3 is 14.6 Å². The minimum atomic E-state index is 0.535. The van der Waals surface area contributed by atoms with Crippen LogP contribution in [0.25, 0.3) is 0 Å². The second-order valence-corrected chi connectivity index (χ2v) is 4.57. The van der Waals surface area contributed by atoms with E-state index in [1.165, 1.54) is 19.3 Å². The lowest BCUT2D eigenvalue weighted by atomic mass is 10.2. The molecule has 0 aliphatic heterocycles. The Morgan fingerprint density at radius 3 is 2.89 bits per heavy atom. The Hall–Kier alpha value is -0.870. The minimum absolute atomic E-state index is 0.535. The molecule has 0 unspecified atom stereocenters. The molecule has 1 rings (SSSR count). The lowest BCUT2D eigenvalue weighted by molar-refractivity contribution is 0.0976. The highest BCUT2D eigenvalue weighted by molar-refractivity contribution is 5.04. The minimum Gasteiger partial charge on any atom is -0.373 e. The van der Waals surface area contributed by atoms with Gasteiger partial charge in [0.2, 0.25) is 0 Å². The molecule has 0 atom stereocenters. The van der Waals surface area contributed by atoms with Gasteiger partial charge in [0.15, 0.2) is 5.76 Å². The summed E-state index contributed by atoms with van der Waals surface area (Å²) in [5.41, 5.74) is 0.952. The van der Waals surface area contributed by atoms with E-state index in [-0.39, 0.29) is 0 Å². The molecule has 1 heterocycles. The zero-order valence-electron chi connectivity index (χ0n) is 11.7. The summed E-state index contributed by atoms with van der Waals surface area (Å²) in [5.74, 6) is 0.818. The number of nitrogens with one attached hydrogen (secondary N) is 1. The second kappa shape index (κ2) is 10.1. The van der Waals surface area contributed by atoms with Crippen molar-refractivity contribution in [2.24, 2.45) is 0 Å². The molecule has 0 bridgehead atoms. The number of hydrogen-bond donors (Lipinski definition) is 1. The molecule has 0 aliphatic carbocycles. The number of aromatic nitrogens is 1. The van der Waals surface area contributed by atoms with Gasteiger partial charge in [-0.1, -0.05) is 38.3 Å². The summed E-state index contributed by atoms with van der Waals surface area (Å²) >= 11 is 0. The van der Waals surface area contributed by atoms with E-state index in [0.29, 0.717) is 6.61 Å². The van der Waals surface area contributed by atoms with Crippen LogP contribution in [-0.4, -0.2) is 18.3 Å². The van der Waals surface area contributed by atoms with E-state index in [9.17, 15) is 0 Å². The molecule has 0 saturated carbocycles. The van der Waals surface area contributed by atoms with Crippen molar-refractivity contribution in [1.29, 1.82) is 0 Å². The van der Waals surface area contributed by atoms with E-state index in [0.717, 1.165) is 44.0 Å². The van der Waals surface area contributed by atoms with Gasteiger partial charge in [0.1, 0.15) is 6.61 Å². The molecule has 1 aromatic rings. The van der Waals surface area contributed by atoms with Gasteiger partial charge in [0.05, 0.1) is 5.69 Å². The van der Waals surface area contributed by atoms with Crippen LogP contribution in [0.1, 0.15) is 57.4 Å². The van der Waals surface area contributed by atoms with Crippen molar-refractivity contribution in [3.05, 3.63) is 17.5 Å². The molecule has 0 aliphatic rings. The average Bonchev–Trinajstić information content (AvgIpc) is 2.82. The summed E-state index contributed by atoms with van der Waals surface area (Å²) in [6.07, 6.45) is 6.06. The summed E-state index contributed by atoms with van der Waals surface area (Å²) in [5, 5.41) is 7.29. The Balaban J connectivity index is 2.07. The van der Waals surface area contributed by atoms with Crippen LogP contribution in [0.5, 0.6) is 0 Å². The Kier molecular flexibility index (Phi) is 8.51. The van der Waals surface area contributed by atoms with Crippen molar-refractivity contribution in [3.8, 4) is 0 Å². The summed E-state index contributed by atoms with van der Waals surface area (Å²) in [6.45, 7) is 7.48. The van der Waals surface area contributed by atoms with Gasteiger partial charge in [-0.15, -0.1) is 0 Å². The molecular weight excluding hydrogens is 228 g/mol. The fourth-order valence-electron chi connectivity index (χ4n) is 1.70. The van der Waals surface area contributed by atoms with Gasteiger partial charge in [-0.25, -0.2) is 0 Å². The van der Waals surface area contributed by atoms with Gasteiger partial charge in [-0.2, -0.15) is 0 Å². The first kappa shape index (κ1) is 15.2. The number of hydrogen-bond acceptors (Lipinski definition) is 4. The Morgan fingerprint density at radius 1 is 1.22 bits per heavy atom. The first-order valence-electron chi connectivity index (χ1n) is 7.09. The van der Waals surface area contributed by atoms with Crippen LogP contribution in [-0.2, 0) is 17.9 Å². The SMILES string of the molecule is CCCCCCOCc1cc(CNCCC)no1. The van der Waals surface area contributed by atoms with Crippen LogP contribution in [0.4, 0.5) is 0 Å². The molecule has 0 saturated heterocycles. The van der Waals surface area contributed by atoms with Crippen molar-refractivity contribution in [3.63, 3.8) is 0 Å². The molecule has 0 amide bonds. The van der Waals surface area contributed by atoms with Crippen LogP contribution in [0.2, 0.25) is 0 Å². The molecule has 1 N–H and O–H groups in total. The monoisotopic (exact) mass is 254 g/mol. The van der Waals surface area contributed by atoms with Gasteiger partial charge in [0, 0.05) is 19.2 Å². The molecule has 0 fully saturated rings. The first-order chi connectivity index (χ1) is 8.86. The van der Waals surface area contributed by atoms with Crippen molar-refractivity contribution in [2.45, 2.75) is 59.1 Å². The molecule has 0 radical (unpaired) electrons. The molecule has 0 spiro atoms. The molecule has 1 aromatic heterocycles. The number of rotatable bonds is 11. The number of nitrogens with zero attached hydrogens (tertiary/aromatic N) is 1. The fourth-order valence-corrected chi connectivity index (χ4v) is 1.70. The maximum atomic E-state index is 5.55. The predicted octanol–water partition coefficient (Wildman–Crippen LogP) is 3.27. The molecule has 0 aromatic carbocycles. The Labute approximate surface area is 110 Å². The Morgan fingerprint density at radius 2 is 2.11 bits per heavy atom. The smallest absolute Gasteiger partial charge is 0.162 e. The zero-order valence-corrected chi connectivity index (χ0v) is 11.7. The first-order valence-corrected chi connectivity index (χ1v) is 7.09. The molecule has 4 nitrogen and oxygen atoms in total. The highest BCUT2D eigenvalue weighted by Crippen LogP contribution is 2.06. The standard InChI is InChI=1S/C14H26N2O2/c1-3-5-6-7-9-17-12-14-10-13(16-18-14)11-15-8-4-2/h10,15H,3-9,11-12H2,1-2H3. The van der Waals surface area contributed by atoms with Gasteiger partial charge in [0.25, 0.3) is 0 Å². The van der Waals surface area contributed by atoms with Crippen molar-refractivity contribution < 1.29 is 9.26 Å². The summed E-state index contributed by atoms with van der Waals surface area (Å²) < 4.78 is 10.8. The van der Waals surface area contributed by atoms with Gasteiger partial charge in [-0.05, 0) is 19.4 Å². The third kappa shape index (κ3) is 6.77. The van der Waals surface area contributed by atoms with E-state index in [1.807, 2.05) is 6.07 Å². The summed E-state index contributed by atoms with van der Waals surface area (Å²) in [4.78, 5) is 0. The Bertz CT molecular complexity index is 300. The van der Waals surface area contributed by atoms with Crippen LogP contribution >= 0.6 is 0 Å². The maximum absolute atomic E-state index is 5.55. The molecule has 104 valence electrons. The van der Waals surface area contributed by atoms with E-state index in [1.54, 1.807) is 0 Å². The highest BCUT2D eigenvalue weighted by atomic mass is 16.5. The second-order valence-electron chi connectivity index (χ2n) is 4.57. The highest BCUT2D eigenvalue weighted by Gasteiger charge is 2.03. The third-order valence-electron chi connectivity index (χ3n) is 2.73. The lowest BCUT2D eigenvalue weighted by Gasteiger charge is -2.00. The lowest BCUT2D eigenvalue weighted by Crippen LogP contribution is -2.13. The fraction of sp³-hybridized carbons (Fsp3) is 0.786. The normalized spacial score (nSPS) is 11.0. The average molecular weight is 254 g/mol. The topological polar surface area (TPSA) is 47.3 Å². The molecular formula is C14H26N2O2. The predicted molar refractivity (Wildman–Crippen MR) is 72.3 cm³/mol. The van der Waals surface area contributed by atoms with Crippen LogP contribution in [0.15, 0.2) is 10.6 Å². The van der Waals surface area contributed by atoms with Crippen LogP contribution in [0, 0.1) is 0 Å². The maximum Gasteiger partial charge on any atom is 0.162 e. The van der Waals surface area contributed by atoms with E-state index in [4.69, 9.17) is 9.26 Å². The van der Waals surface area contributed by atoms with Crippen LogP contribution in [0.3, 0.4) is 0 Å². The van der Waals surface area contributed by atoms with E-state index in [2.05, 4.69) is 24.3 Å². The summed E-state index contributed by atoms with van der Waals surface area (Å²) in [6, 6.07) is 1.97. The quantitative estimate of drug-likeness (QED) is 0.616. The van der Waals surface area contributed by atoms with E-state index >= 15 is 0 Å². The number of ether oxygens (including phenoxy) is 1. The van der Waals surface area contributed by atoms with Crippen molar-refractivity contribution >= 4 is 0 Å². The summed E-state index contributed by atoms with van der Waals surface area (Å²) in [7, 11) is 0. The van der Waals surface area contributed by atoms with Gasteiger partial charge >= 0.3 is 0 Å². The van der Waals surface area contributed by atoms with Gasteiger partial charge in [-0.3, -0.25) is 0 Å². The van der Waals surface area contributed by atoms with Crippen molar-refractivity contribution in [1.82, 2.24) is 10.5 Å². The third-order valence-corrected chi connectivity index (χ3v) is 2.73.